The van der Waals surface area contributed by atoms with Crippen molar-refractivity contribution in [3.63, 3.8) is 0 Å². The van der Waals surface area contributed by atoms with Gasteiger partial charge in [0.15, 0.2) is 5.60 Å². The van der Waals surface area contributed by atoms with Crippen LogP contribution in [0.25, 0.3) is 0 Å². The van der Waals surface area contributed by atoms with Gasteiger partial charge in [-0.25, -0.2) is 4.79 Å². The Hall–Kier alpha value is 0.830. The number of carbonyl (C=O) groups excluding carboxylic acids is 2. The number of hydrogen-bond donors (Lipinski definition) is 4. The van der Waals surface area contributed by atoms with Gasteiger partial charge in [0, 0.05) is 0 Å². The van der Waals surface area contributed by atoms with Gasteiger partial charge < -0.3 is 61.4 Å². The SMILES string of the molecule is O.O.O=C(O)CC(O)(CC(=O)O)C(=O)O.O=C([O-])[O-].O=C([O-])[O-].[Na+].[Na+].[Na+].[Na+]. The molecule has 0 spiro atoms. The molecule has 0 saturated heterocycles. The molecule has 0 aromatic rings. The fraction of sp³-hybridized carbons (Fsp3) is 0.375. The van der Waals surface area contributed by atoms with Crippen LogP contribution in [0.5, 0.6) is 0 Å². The smallest absolute Gasteiger partial charge is 0.652 e. The maximum absolute atomic E-state index is 10.3. The summed E-state index contributed by atoms with van der Waals surface area (Å²) in [5.41, 5.74) is -2.74. The van der Waals surface area contributed by atoms with Crippen molar-refractivity contribution in [3.8, 4) is 0 Å². The average Bonchev–Trinajstić information content (AvgIpc) is 2.11. The molecule has 0 unspecified atom stereocenters. The largest absolute Gasteiger partial charge is 1.00 e. The molecule has 0 aliphatic carbocycles. The van der Waals surface area contributed by atoms with Crippen LogP contribution in [0.2, 0.25) is 0 Å². The molecule has 0 saturated carbocycles. The van der Waals surface area contributed by atoms with Crippen LogP contribution in [-0.4, -0.2) is 67.2 Å². The molecule has 0 aromatic carbocycles. The van der Waals surface area contributed by atoms with E-state index in [1.165, 1.54) is 0 Å². The van der Waals surface area contributed by atoms with E-state index in [9.17, 15) is 14.4 Å². The van der Waals surface area contributed by atoms with Gasteiger partial charge in [-0.3, -0.25) is 9.59 Å². The molecule has 0 aliphatic heterocycles. The summed E-state index contributed by atoms with van der Waals surface area (Å²) < 4.78 is 0. The number of carbonyl (C=O) groups is 5. The molecule has 8 N–H and O–H groups in total. The molecule has 0 heterocycles. The molecule has 0 atom stereocenters. The van der Waals surface area contributed by atoms with Gasteiger partial charge in [-0.1, -0.05) is 0 Å². The summed E-state index contributed by atoms with van der Waals surface area (Å²) in [7, 11) is 0. The van der Waals surface area contributed by atoms with Crippen molar-refractivity contribution >= 4 is 30.2 Å². The molecule has 0 amide bonds. The zero-order chi connectivity index (χ0) is 17.8. The van der Waals surface area contributed by atoms with Gasteiger partial charge in [-0.2, -0.15) is 0 Å². The third kappa shape index (κ3) is 58.4. The van der Waals surface area contributed by atoms with Crippen LogP contribution in [0, 0.1) is 0 Å². The summed E-state index contributed by atoms with van der Waals surface area (Å²) in [6, 6.07) is 0. The Bertz CT molecular complexity index is 379. The van der Waals surface area contributed by atoms with E-state index in [4.69, 9.17) is 50.4 Å². The van der Waals surface area contributed by atoms with Crippen LogP contribution in [0.1, 0.15) is 12.8 Å². The summed E-state index contributed by atoms with van der Waals surface area (Å²) in [6.07, 6.45) is -6.96. The van der Waals surface area contributed by atoms with E-state index in [2.05, 4.69) is 0 Å². The maximum atomic E-state index is 10.3. The monoisotopic (exact) mass is 440 g/mol. The van der Waals surface area contributed by atoms with Crippen molar-refractivity contribution in [2.75, 3.05) is 0 Å². The summed E-state index contributed by atoms with van der Waals surface area (Å²) in [6.45, 7) is 0. The zero-order valence-electron chi connectivity index (χ0n) is 14.9. The Labute approximate surface area is 239 Å². The van der Waals surface area contributed by atoms with E-state index < -0.39 is 48.7 Å². The summed E-state index contributed by atoms with van der Waals surface area (Å²) in [4.78, 5) is 47.2. The topological polar surface area (TPSA) is 322 Å². The van der Waals surface area contributed by atoms with Crippen LogP contribution in [-0.2, 0) is 14.4 Å². The summed E-state index contributed by atoms with van der Waals surface area (Å²) >= 11 is 0. The molecule has 27 heavy (non-hydrogen) atoms. The third-order valence-corrected chi connectivity index (χ3v) is 1.29. The minimum Gasteiger partial charge on any atom is -0.652 e. The van der Waals surface area contributed by atoms with Gasteiger partial charge in [0.2, 0.25) is 0 Å². The molecule has 19 heteroatoms. The summed E-state index contributed by atoms with van der Waals surface area (Å²) in [5.74, 6) is -5.02. The second-order valence-corrected chi connectivity index (χ2v) is 2.98. The van der Waals surface area contributed by atoms with Crippen LogP contribution < -0.4 is 139 Å². The first-order valence-electron chi connectivity index (χ1n) is 4.40. The van der Waals surface area contributed by atoms with Crippen LogP contribution in [0.15, 0.2) is 0 Å². The molecule has 0 radical (unpaired) electrons. The predicted octanol–water partition coefficient (Wildman–Crippen LogP) is -19.8. The Morgan fingerprint density at radius 1 is 0.630 bits per heavy atom. The van der Waals surface area contributed by atoms with E-state index in [1.807, 2.05) is 0 Å². The van der Waals surface area contributed by atoms with Crippen molar-refractivity contribution in [2.24, 2.45) is 0 Å². The van der Waals surface area contributed by atoms with E-state index >= 15 is 0 Å². The normalized spacial score (nSPS) is 7.00. The van der Waals surface area contributed by atoms with Gasteiger partial charge >= 0.3 is 136 Å². The van der Waals surface area contributed by atoms with Gasteiger partial charge in [-0.05, 0) is 12.3 Å². The van der Waals surface area contributed by atoms with Crippen molar-refractivity contribution < 1.29 is 194 Å². The van der Waals surface area contributed by atoms with Crippen molar-refractivity contribution in [1.82, 2.24) is 0 Å². The van der Waals surface area contributed by atoms with Gasteiger partial charge in [0.05, 0.1) is 12.8 Å². The maximum Gasteiger partial charge on any atom is 1.00 e. The number of rotatable bonds is 5. The fourth-order valence-electron chi connectivity index (χ4n) is 0.714. The molecule has 0 aliphatic rings. The first-order valence-corrected chi connectivity index (χ1v) is 4.40. The quantitative estimate of drug-likeness (QED) is 0.289. The minimum absolute atomic E-state index is 0. The molecule has 138 valence electrons. The molecule has 0 rings (SSSR count). The van der Waals surface area contributed by atoms with E-state index in [-0.39, 0.29) is 129 Å². The second kappa shape index (κ2) is 31.5. The molecule has 0 aromatic heterocycles. The number of carboxylic acid groups (broad SMARTS) is 7. The molecule has 15 nitrogen and oxygen atoms in total. The first-order chi connectivity index (χ1) is 9.24. The van der Waals surface area contributed by atoms with Gasteiger partial charge in [0.1, 0.15) is 0 Å². The predicted molar refractivity (Wildman–Crippen MR) is 55.1 cm³/mol. The second-order valence-electron chi connectivity index (χ2n) is 2.98. The zero-order valence-corrected chi connectivity index (χ0v) is 22.9. The summed E-state index contributed by atoms with van der Waals surface area (Å²) in [5, 5.41) is 67.1. The molecular formula is C8H12Na4O15. The number of aliphatic hydroxyl groups is 1. The number of aliphatic carboxylic acids is 3. The van der Waals surface area contributed by atoms with E-state index in [0.29, 0.717) is 0 Å². The fourth-order valence-corrected chi connectivity index (χ4v) is 0.714. The van der Waals surface area contributed by atoms with E-state index in [1.54, 1.807) is 0 Å². The Kier molecular flexibility index (Phi) is 66.0. The van der Waals surface area contributed by atoms with Crippen molar-refractivity contribution in [2.45, 2.75) is 18.4 Å². The Morgan fingerprint density at radius 3 is 0.852 bits per heavy atom. The Balaban J connectivity index is -0.0000000287. The average molecular weight is 440 g/mol. The minimum atomic E-state index is -2.74. The van der Waals surface area contributed by atoms with Gasteiger partial charge in [0.25, 0.3) is 0 Å². The van der Waals surface area contributed by atoms with Gasteiger partial charge in [-0.15, -0.1) is 0 Å². The van der Waals surface area contributed by atoms with Crippen molar-refractivity contribution in [1.29, 1.82) is 0 Å². The van der Waals surface area contributed by atoms with E-state index in [0.717, 1.165) is 0 Å². The van der Waals surface area contributed by atoms with Crippen LogP contribution in [0.3, 0.4) is 0 Å². The van der Waals surface area contributed by atoms with Crippen LogP contribution >= 0.6 is 0 Å². The Morgan fingerprint density at radius 2 is 0.778 bits per heavy atom. The van der Waals surface area contributed by atoms with Crippen molar-refractivity contribution in [3.05, 3.63) is 0 Å². The number of carboxylic acids is 3. The third-order valence-electron chi connectivity index (χ3n) is 1.29. The number of hydrogen-bond acceptors (Lipinski definition) is 10. The molecular weight excluding hydrogens is 428 g/mol. The first kappa shape index (κ1) is 56.5. The standard InChI is InChI=1S/C6H8O7.2CH2O3.4Na.2H2O/c7-3(8)1-6(13,5(11)12)2-4(9)10;2*2-1(3)4;;;;;;/h13H,1-2H2,(H,7,8)(H,9,10)(H,11,12);2*(H2,2,3,4);;;;;2*1H2/q;;;4*+1;;/p-4. The molecule has 0 bridgehead atoms. The molecule has 0 fully saturated rings. The van der Waals surface area contributed by atoms with Crippen LogP contribution in [0.4, 0.5) is 9.59 Å².